The number of hydrogen-bond acceptors (Lipinski definition) is 13. The number of aromatic nitrogens is 6. The van der Waals surface area contributed by atoms with Crippen molar-refractivity contribution in [1.82, 2.24) is 43.8 Å². The second-order valence-electron chi connectivity index (χ2n) is 17.8. The normalized spacial score (nSPS) is 16.8. The summed E-state index contributed by atoms with van der Waals surface area (Å²) in [7, 11) is 3.41. The van der Waals surface area contributed by atoms with Crippen LogP contribution in [0.5, 0.6) is 11.5 Å². The van der Waals surface area contributed by atoms with E-state index >= 15 is 0 Å². The van der Waals surface area contributed by atoms with E-state index in [0.29, 0.717) is 31.3 Å². The quantitative estimate of drug-likeness (QED) is 0.125. The summed E-state index contributed by atoms with van der Waals surface area (Å²) in [5, 5.41) is 3.99. The Morgan fingerprint density at radius 3 is 1.74 bits per heavy atom. The molecule has 0 bridgehead atoms. The number of aryl methyl sites for hydroxylation is 2. The van der Waals surface area contributed by atoms with Gasteiger partial charge in [0.25, 0.3) is 0 Å². The summed E-state index contributed by atoms with van der Waals surface area (Å²) in [5.74, 6) is 2.80. The van der Waals surface area contributed by atoms with Crippen LogP contribution < -0.4 is 20.9 Å². The Bertz CT molecular complexity index is 3280. The molecule has 3 aliphatic rings. The van der Waals surface area contributed by atoms with Crippen molar-refractivity contribution in [3.05, 3.63) is 96.9 Å². The van der Waals surface area contributed by atoms with Crippen LogP contribution in [0.3, 0.4) is 0 Å². The van der Waals surface area contributed by atoms with E-state index in [1.165, 1.54) is 25.5 Å². The van der Waals surface area contributed by atoms with Gasteiger partial charge in [-0.2, -0.15) is 0 Å². The predicted molar refractivity (Wildman–Crippen MR) is 274 cm³/mol. The molecule has 0 saturated carbocycles. The number of likely N-dealkylation sites (tertiary alicyclic amines) is 3. The topological polar surface area (TPSA) is 176 Å². The molecule has 1 atom stereocenters. The summed E-state index contributed by atoms with van der Waals surface area (Å²) < 4.78 is 17.8. The van der Waals surface area contributed by atoms with E-state index in [2.05, 4.69) is 96.6 Å². The molecule has 6 aromatic heterocycles. The lowest BCUT2D eigenvalue weighted by Crippen LogP contribution is -2.50. The lowest BCUT2D eigenvalue weighted by molar-refractivity contribution is -0.131. The number of anilines is 2. The molecule has 15 nitrogen and oxygen atoms in total. The SMILES string of the molecule is C/C=C/C(=O)N1CCC(n2cc(-c3cc4cc(C)cc(OC)c4s3)c3c(N)ncnc32)C1.COc1cc(C)cc2cc(-c3cn(C4CN(C(=O)/C=C/CN5CCCC5)C4)c4ncnc(N)c34)sc12. The lowest BCUT2D eigenvalue weighted by Gasteiger charge is -2.39. The number of nitrogens with zero attached hydrogens (tertiary/aromatic N) is 9. The van der Waals surface area contributed by atoms with Crippen LogP contribution >= 0.6 is 22.7 Å². The molecule has 3 fully saturated rings. The highest BCUT2D eigenvalue weighted by atomic mass is 32.1. The molecule has 1 unspecified atom stereocenters. The van der Waals surface area contributed by atoms with Gasteiger partial charge < -0.3 is 39.9 Å². The van der Waals surface area contributed by atoms with E-state index in [1.54, 1.807) is 55.1 Å². The summed E-state index contributed by atoms with van der Waals surface area (Å²) in [6, 6.07) is 13.1. The van der Waals surface area contributed by atoms with Gasteiger partial charge in [0, 0.05) is 72.1 Å². The van der Waals surface area contributed by atoms with Gasteiger partial charge in [-0.1, -0.05) is 24.3 Å². The van der Waals surface area contributed by atoms with Crippen molar-refractivity contribution in [1.29, 1.82) is 0 Å². The maximum atomic E-state index is 12.7. The van der Waals surface area contributed by atoms with Crippen LogP contribution in [0.1, 0.15) is 49.4 Å². The number of carbonyl (C=O) groups is 2. The number of carbonyl (C=O) groups excluding carboxylic acids is 2. The molecule has 0 radical (unpaired) electrons. The van der Waals surface area contributed by atoms with Crippen LogP contribution in [0.15, 0.2) is 85.8 Å². The maximum absolute atomic E-state index is 12.7. The van der Waals surface area contributed by atoms with Gasteiger partial charge in [0.15, 0.2) is 0 Å². The number of ether oxygens (including phenoxy) is 2. The third kappa shape index (κ3) is 8.43. The average molecular weight is 950 g/mol. The highest BCUT2D eigenvalue weighted by Gasteiger charge is 2.34. The summed E-state index contributed by atoms with van der Waals surface area (Å²) in [6.45, 7) is 11.8. The number of nitrogens with two attached hydrogens (primary N) is 2. The lowest BCUT2D eigenvalue weighted by atomic mass is 10.1. The van der Waals surface area contributed by atoms with Crippen molar-refractivity contribution in [2.45, 2.75) is 52.1 Å². The van der Waals surface area contributed by atoms with Gasteiger partial charge in [0.1, 0.15) is 47.1 Å². The van der Waals surface area contributed by atoms with E-state index in [-0.39, 0.29) is 23.9 Å². The summed E-state index contributed by atoms with van der Waals surface area (Å²) in [6.07, 6.45) is 17.8. The molecule has 11 rings (SSSR count). The van der Waals surface area contributed by atoms with Crippen LogP contribution in [0.25, 0.3) is 63.1 Å². The van der Waals surface area contributed by atoms with E-state index in [9.17, 15) is 9.59 Å². The highest BCUT2D eigenvalue weighted by Crippen LogP contribution is 2.46. The van der Waals surface area contributed by atoms with Gasteiger partial charge in [-0.15, -0.1) is 22.7 Å². The molecule has 2 aromatic carbocycles. The van der Waals surface area contributed by atoms with Crippen LogP contribution in [-0.2, 0) is 9.59 Å². The first kappa shape index (κ1) is 45.0. The van der Waals surface area contributed by atoms with Crippen LogP contribution in [0, 0.1) is 13.8 Å². The number of fused-ring (bicyclic) bond motifs is 4. The fourth-order valence-corrected chi connectivity index (χ4v) is 12.1. The van der Waals surface area contributed by atoms with Crippen molar-refractivity contribution in [2.24, 2.45) is 0 Å². The Kier molecular flexibility index (Phi) is 12.4. The van der Waals surface area contributed by atoms with Gasteiger partial charge in [0.2, 0.25) is 11.8 Å². The standard InChI is InChI=1S/C27H30N6O2S.C24H25N5O2S/c1-17-10-18-12-22(36-25(18)21(11-17)35-2)20-15-33(27-24(20)26(28)29-16-30-27)19-13-32(14-19)23(34)6-5-9-31-7-3-4-8-31;1-4-5-20(30)28-7-6-16(11-28)29-12-17(21-23(25)26-13-27-24(21)29)19-10-15-8-14(2)9-18(31-3)22(15)32-19/h5-6,10-12,15-16,19H,3-4,7-9,13-14H2,1-2H3,(H2,28,29,30);4-5,8-10,12-13,16H,6-7,11H2,1-3H3,(H2,25,26,27)/b6-5+;5-4+. The molecule has 2 amide bonds. The zero-order valence-electron chi connectivity index (χ0n) is 38.9. The number of nitrogen functional groups attached to an aromatic ring is 2. The molecule has 8 aromatic rings. The fraction of sp³-hybridized carbons (Fsp3) is 0.333. The molecule has 68 heavy (non-hydrogen) atoms. The van der Waals surface area contributed by atoms with E-state index in [0.717, 1.165) is 118 Å². The zero-order chi connectivity index (χ0) is 47.2. The summed E-state index contributed by atoms with van der Waals surface area (Å²) >= 11 is 3.36. The third-order valence-corrected chi connectivity index (χ3v) is 15.7. The number of benzene rings is 2. The number of hydrogen-bond donors (Lipinski definition) is 2. The monoisotopic (exact) mass is 949 g/mol. The molecular weight excluding hydrogens is 895 g/mol. The minimum Gasteiger partial charge on any atom is -0.495 e. The van der Waals surface area contributed by atoms with Gasteiger partial charge >= 0.3 is 0 Å². The van der Waals surface area contributed by atoms with Gasteiger partial charge in [-0.3, -0.25) is 14.5 Å². The van der Waals surface area contributed by atoms with Crippen LogP contribution in [0.4, 0.5) is 11.6 Å². The number of rotatable bonds is 10. The number of thiophene rings is 2. The Hall–Kier alpha value is -6.82. The number of methoxy groups -OCH3 is 2. The number of allylic oxidation sites excluding steroid dienone is 1. The molecule has 4 N–H and O–H groups in total. The van der Waals surface area contributed by atoms with Gasteiger partial charge in [0.05, 0.1) is 46.5 Å². The summed E-state index contributed by atoms with van der Waals surface area (Å²) in [4.78, 5) is 51.0. The average Bonchev–Trinajstić information content (AvgIpc) is 4.17. The maximum Gasteiger partial charge on any atom is 0.246 e. The Morgan fingerprint density at radius 2 is 1.21 bits per heavy atom. The minimum absolute atomic E-state index is 0.0489. The van der Waals surface area contributed by atoms with Crippen molar-refractivity contribution in [3.63, 3.8) is 0 Å². The minimum atomic E-state index is 0.0489. The smallest absolute Gasteiger partial charge is 0.246 e. The van der Waals surface area contributed by atoms with Crippen molar-refractivity contribution < 1.29 is 19.1 Å². The third-order valence-electron chi connectivity index (χ3n) is 13.3. The van der Waals surface area contributed by atoms with Crippen LogP contribution in [-0.4, -0.2) is 116 Å². The number of amides is 2. The van der Waals surface area contributed by atoms with Crippen molar-refractivity contribution in [3.8, 4) is 32.4 Å². The molecule has 0 aliphatic carbocycles. The Morgan fingerprint density at radius 1 is 0.691 bits per heavy atom. The molecule has 17 heteroatoms. The Balaban J connectivity index is 0.000000160. The second kappa shape index (κ2) is 18.7. The largest absolute Gasteiger partial charge is 0.495 e. The highest BCUT2D eigenvalue weighted by molar-refractivity contribution is 7.23. The van der Waals surface area contributed by atoms with Gasteiger partial charge in [-0.05, 0) is 105 Å². The van der Waals surface area contributed by atoms with Crippen LogP contribution in [0.2, 0.25) is 0 Å². The fourth-order valence-electron chi connectivity index (χ4n) is 9.85. The molecule has 3 aliphatic heterocycles. The molecule has 9 heterocycles. The molecule has 3 saturated heterocycles. The van der Waals surface area contributed by atoms with E-state index in [1.807, 2.05) is 22.8 Å². The van der Waals surface area contributed by atoms with E-state index < -0.39 is 0 Å². The zero-order valence-corrected chi connectivity index (χ0v) is 40.6. The van der Waals surface area contributed by atoms with E-state index in [4.69, 9.17) is 20.9 Å². The first-order valence-electron chi connectivity index (χ1n) is 23.0. The first-order chi connectivity index (χ1) is 33.0. The molecule has 350 valence electrons. The second-order valence-corrected chi connectivity index (χ2v) is 19.9. The predicted octanol–water partition coefficient (Wildman–Crippen LogP) is 8.81. The summed E-state index contributed by atoms with van der Waals surface area (Å²) in [5.41, 5.74) is 18.6. The molecule has 0 spiro atoms. The Labute approximate surface area is 402 Å². The van der Waals surface area contributed by atoms with Crippen molar-refractivity contribution >= 4 is 88.4 Å². The first-order valence-corrected chi connectivity index (χ1v) is 24.6. The van der Waals surface area contributed by atoms with Crippen molar-refractivity contribution in [2.75, 3.05) is 71.5 Å². The van der Waals surface area contributed by atoms with Gasteiger partial charge in [-0.25, -0.2) is 19.9 Å². The molecular formula is C51H55N11O4S2.